The van der Waals surface area contributed by atoms with Crippen LogP contribution in [-0.2, 0) is 11.3 Å². The molecule has 0 saturated heterocycles. The highest BCUT2D eigenvalue weighted by Gasteiger charge is 2.16. The summed E-state index contributed by atoms with van der Waals surface area (Å²) in [7, 11) is 0. The summed E-state index contributed by atoms with van der Waals surface area (Å²) < 4.78 is 18.6. The Morgan fingerprint density at radius 1 is 1.44 bits per heavy atom. The van der Waals surface area contributed by atoms with Gasteiger partial charge in [-0.3, -0.25) is 0 Å². The van der Waals surface area contributed by atoms with E-state index >= 15 is 0 Å². The lowest BCUT2D eigenvalue weighted by molar-refractivity contribution is 0.0523. The van der Waals surface area contributed by atoms with E-state index in [-0.39, 0.29) is 11.6 Å². The molecular weight excluding hydrogens is 257 g/mol. The van der Waals surface area contributed by atoms with Crippen LogP contribution in [-0.4, -0.2) is 11.7 Å². The van der Waals surface area contributed by atoms with Crippen LogP contribution in [0.2, 0.25) is 5.02 Å². The van der Waals surface area contributed by atoms with Crippen molar-refractivity contribution in [3.05, 3.63) is 34.1 Å². The summed E-state index contributed by atoms with van der Waals surface area (Å²) in [5, 5.41) is 2.56. The van der Waals surface area contributed by atoms with Crippen molar-refractivity contribution in [2.24, 2.45) is 0 Å². The van der Waals surface area contributed by atoms with Gasteiger partial charge in [0.1, 0.15) is 11.4 Å². The second-order valence-electron chi connectivity index (χ2n) is 5.02. The van der Waals surface area contributed by atoms with Crippen LogP contribution in [0, 0.1) is 12.7 Å². The predicted molar refractivity (Wildman–Crippen MR) is 69.2 cm³/mol. The van der Waals surface area contributed by atoms with Gasteiger partial charge < -0.3 is 10.1 Å². The number of hydrogen-bond acceptors (Lipinski definition) is 2. The number of carbonyl (C=O) groups excluding carboxylic acids is 1. The predicted octanol–water partition coefficient (Wildman–Crippen LogP) is 3.81. The smallest absolute Gasteiger partial charge is 0.407 e. The largest absolute Gasteiger partial charge is 0.444 e. The summed E-state index contributed by atoms with van der Waals surface area (Å²) in [5.41, 5.74) is 0.429. The molecule has 0 bridgehead atoms. The molecule has 1 aromatic carbocycles. The summed E-state index contributed by atoms with van der Waals surface area (Å²) in [6.45, 7) is 7.07. The van der Waals surface area contributed by atoms with Gasteiger partial charge in [0.25, 0.3) is 0 Å². The van der Waals surface area contributed by atoms with E-state index in [1.807, 2.05) is 0 Å². The summed E-state index contributed by atoms with van der Waals surface area (Å²) in [6, 6.07) is 3.30. The van der Waals surface area contributed by atoms with E-state index in [9.17, 15) is 9.18 Å². The molecule has 3 nitrogen and oxygen atoms in total. The quantitative estimate of drug-likeness (QED) is 0.890. The normalized spacial score (nSPS) is 11.2. The number of nitrogens with one attached hydrogen (secondary N) is 1. The molecule has 1 amide bonds. The Balaban J connectivity index is 2.65. The van der Waals surface area contributed by atoms with Crippen LogP contribution in [0.25, 0.3) is 0 Å². The van der Waals surface area contributed by atoms with Crippen LogP contribution in [0.5, 0.6) is 0 Å². The first-order valence-corrected chi connectivity index (χ1v) is 5.99. The van der Waals surface area contributed by atoms with E-state index in [1.54, 1.807) is 39.8 Å². The Bertz CT molecular complexity index is 455. The lowest BCUT2D eigenvalue weighted by Crippen LogP contribution is -2.32. The fraction of sp³-hybridized carbons (Fsp3) is 0.462. The summed E-state index contributed by atoms with van der Waals surface area (Å²) in [4.78, 5) is 11.4. The summed E-state index contributed by atoms with van der Waals surface area (Å²) in [6.07, 6.45) is -0.556. The molecule has 0 atom stereocenters. The zero-order valence-electron chi connectivity index (χ0n) is 10.9. The van der Waals surface area contributed by atoms with Crippen LogP contribution in [0.4, 0.5) is 9.18 Å². The second-order valence-corrected chi connectivity index (χ2v) is 5.40. The maximum Gasteiger partial charge on any atom is 0.407 e. The van der Waals surface area contributed by atoms with Gasteiger partial charge in [0.15, 0.2) is 0 Å². The summed E-state index contributed by atoms with van der Waals surface area (Å²) in [5.74, 6) is -0.458. The number of aryl methyl sites for hydroxylation is 1. The molecular formula is C13H17ClFNO2. The molecule has 0 fully saturated rings. The topological polar surface area (TPSA) is 38.3 Å². The highest BCUT2D eigenvalue weighted by Crippen LogP contribution is 2.22. The number of hydrogen-bond donors (Lipinski definition) is 1. The number of halogens is 2. The number of amides is 1. The van der Waals surface area contributed by atoms with Crippen molar-refractivity contribution in [3.63, 3.8) is 0 Å². The molecule has 1 N–H and O–H groups in total. The van der Waals surface area contributed by atoms with Crippen molar-refractivity contribution >= 4 is 17.7 Å². The average molecular weight is 274 g/mol. The Labute approximate surface area is 111 Å². The third kappa shape index (κ3) is 4.18. The average Bonchev–Trinajstić information content (AvgIpc) is 2.22. The summed E-state index contributed by atoms with van der Waals surface area (Å²) >= 11 is 5.85. The molecule has 0 unspecified atom stereocenters. The molecule has 0 aromatic heterocycles. The molecule has 0 aliphatic rings. The maximum atomic E-state index is 13.5. The molecule has 0 radical (unpaired) electrons. The maximum absolute atomic E-state index is 13.5. The molecule has 1 aromatic rings. The van der Waals surface area contributed by atoms with Gasteiger partial charge >= 0.3 is 6.09 Å². The molecule has 0 heterocycles. The van der Waals surface area contributed by atoms with Crippen molar-refractivity contribution in [1.29, 1.82) is 0 Å². The highest BCUT2D eigenvalue weighted by molar-refractivity contribution is 6.31. The molecule has 0 aliphatic carbocycles. The van der Waals surface area contributed by atoms with Gasteiger partial charge in [-0.15, -0.1) is 0 Å². The molecule has 0 aliphatic heterocycles. The monoisotopic (exact) mass is 273 g/mol. The zero-order valence-corrected chi connectivity index (χ0v) is 11.7. The fourth-order valence-corrected chi connectivity index (χ4v) is 1.58. The molecule has 1 rings (SSSR count). The van der Waals surface area contributed by atoms with E-state index in [0.29, 0.717) is 11.1 Å². The minimum absolute atomic E-state index is 0.0334. The number of benzene rings is 1. The minimum atomic E-state index is -0.563. The number of alkyl carbamates (subject to hydrolysis) is 1. The molecule has 0 spiro atoms. The van der Waals surface area contributed by atoms with Crippen LogP contribution >= 0.6 is 11.6 Å². The standard InChI is InChI=1S/C13H17ClFNO2/c1-8-5-6-9(10(14)11(8)15)7-16-12(17)18-13(2,3)4/h5-6H,7H2,1-4H3,(H,16,17). The van der Waals surface area contributed by atoms with Crippen molar-refractivity contribution in [2.75, 3.05) is 0 Å². The van der Waals surface area contributed by atoms with E-state index in [1.165, 1.54) is 0 Å². The van der Waals surface area contributed by atoms with Crippen molar-refractivity contribution < 1.29 is 13.9 Å². The SMILES string of the molecule is Cc1ccc(CNC(=O)OC(C)(C)C)c(Cl)c1F. The first-order valence-electron chi connectivity index (χ1n) is 5.61. The van der Waals surface area contributed by atoms with Crippen molar-refractivity contribution in [3.8, 4) is 0 Å². The van der Waals surface area contributed by atoms with Gasteiger partial charge in [0, 0.05) is 6.54 Å². The lowest BCUT2D eigenvalue weighted by Gasteiger charge is -2.19. The third-order valence-corrected chi connectivity index (χ3v) is 2.59. The van der Waals surface area contributed by atoms with Crippen LogP contribution in [0.3, 0.4) is 0 Å². The van der Waals surface area contributed by atoms with Gasteiger partial charge in [0.2, 0.25) is 0 Å². The van der Waals surface area contributed by atoms with Gasteiger partial charge in [-0.05, 0) is 38.8 Å². The molecule has 0 saturated carbocycles. The Morgan fingerprint density at radius 3 is 2.61 bits per heavy atom. The molecule has 5 heteroatoms. The minimum Gasteiger partial charge on any atom is -0.444 e. The highest BCUT2D eigenvalue weighted by atomic mass is 35.5. The van der Waals surface area contributed by atoms with Crippen LogP contribution < -0.4 is 5.32 Å². The van der Waals surface area contributed by atoms with Crippen molar-refractivity contribution in [1.82, 2.24) is 5.32 Å². The number of carbonyl (C=O) groups is 1. The first kappa shape index (κ1) is 14.8. The second kappa shape index (κ2) is 5.57. The zero-order chi connectivity index (χ0) is 13.9. The van der Waals surface area contributed by atoms with Crippen LogP contribution in [0.15, 0.2) is 12.1 Å². The fourth-order valence-electron chi connectivity index (χ4n) is 1.30. The van der Waals surface area contributed by atoms with Gasteiger partial charge in [-0.25, -0.2) is 9.18 Å². The third-order valence-electron chi connectivity index (χ3n) is 2.18. The lowest BCUT2D eigenvalue weighted by atomic mass is 10.1. The van der Waals surface area contributed by atoms with E-state index < -0.39 is 17.5 Å². The van der Waals surface area contributed by atoms with Gasteiger partial charge in [-0.1, -0.05) is 23.7 Å². The van der Waals surface area contributed by atoms with E-state index in [2.05, 4.69) is 5.32 Å². The van der Waals surface area contributed by atoms with Gasteiger partial charge in [-0.2, -0.15) is 0 Å². The van der Waals surface area contributed by atoms with Crippen LogP contribution in [0.1, 0.15) is 31.9 Å². The Morgan fingerprint density at radius 2 is 2.06 bits per heavy atom. The van der Waals surface area contributed by atoms with Crippen molar-refractivity contribution in [2.45, 2.75) is 39.8 Å². The Kier molecular flexibility index (Phi) is 4.57. The van der Waals surface area contributed by atoms with E-state index in [4.69, 9.17) is 16.3 Å². The number of rotatable bonds is 2. The first-order chi connectivity index (χ1) is 8.20. The molecule has 100 valence electrons. The number of ether oxygens (including phenoxy) is 1. The van der Waals surface area contributed by atoms with Gasteiger partial charge in [0.05, 0.1) is 5.02 Å². The molecule has 18 heavy (non-hydrogen) atoms. The van der Waals surface area contributed by atoms with E-state index in [0.717, 1.165) is 0 Å². The Hall–Kier alpha value is -1.29.